The van der Waals surface area contributed by atoms with Crippen LogP contribution in [0.5, 0.6) is 0 Å². The fourth-order valence-electron chi connectivity index (χ4n) is 1.19. The summed E-state index contributed by atoms with van der Waals surface area (Å²) in [6, 6.07) is 1.88. The molecule has 1 aromatic rings. The third-order valence-corrected chi connectivity index (χ3v) is 2.18. The van der Waals surface area contributed by atoms with E-state index in [1.807, 2.05) is 25.1 Å². The summed E-state index contributed by atoms with van der Waals surface area (Å²) >= 11 is 0. The molecule has 0 saturated carbocycles. The van der Waals surface area contributed by atoms with Crippen molar-refractivity contribution in [2.45, 2.75) is 19.4 Å². The minimum absolute atomic E-state index is 0.280. The van der Waals surface area contributed by atoms with Crippen LogP contribution in [0.25, 0.3) is 0 Å². The molecule has 5 heteroatoms. The van der Waals surface area contributed by atoms with Gasteiger partial charge >= 0.3 is 0 Å². The van der Waals surface area contributed by atoms with Crippen molar-refractivity contribution < 1.29 is 5.11 Å². The smallest absolute Gasteiger partial charge is 0.133 e. The number of hydrogen-bond donors (Lipinski definition) is 2. The summed E-state index contributed by atoms with van der Waals surface area (Å²) in [5, 5.41) is 12.1. The average Bonchev–Trinajstić information content (AvgIpc) is 2.26. The topological polar surface area (TPSA) is 61.3 Å². The summed E-state index contributed by atoms with van der Waals surface area (Å²) in [5.41, 5.74) is 0. The van der Waals surface area contributed by atoms with Gasteiger partial charge in [-0.25, -0.2) is 9.97 Å². The second-order valence-corrected chi connectivity index (χ2v) is 3.57. The van der Waals surface area contributed by atoms with Crippen LogP contribution in [0.4, 0.5) is 11.6 Å². The zero-order chi connectivity index (χ0) is 11.3. The Kier molecular flexibility index (Phi) is 4.30. The zero-order valence-electron chi connectivity index (χ0n) is 9.44. The second-order valence-electron chi connectivity index (χ2n) is 3.57. The molecule has 5 nitrogen and oxygen atoms in total. The summed E-state index contributed by atoms with van der Waals surface area (Å²) < 4.78 is 0. The van der Waals surface area contributed by atoms with Gasteiger partial charge < -0.3 is 15.3 Å². The van der Waals surface area contributed by atoms with E-state index in [0.717, 1.165) is 24.6 Å². The SMILES string of the molecule is CNc1cc(N(C)CCC(C)O)ncn1. The maximum atomic E-state index is 9.18. The molecule has 0 fully saturated rings. The standard InChI is InChI=1S/C10H18N4O/c1-8(15)4-5-14(3)10-6-9(11-2)12-7-13-10/h6-8,15H,4-5H2,1-3H3,(H,11,12,13). The van der Waals surface area contributed by atoms with Crippen molar-refractivity contribution >= 4 is 11.6 Å². The van der Waals surface area contributed by atoms with E-state index < -0.39 is 0 Å². The summed E-state index contributed by atoms with van der Waals surface area (Å²) in [6.07, 6.45) is 1.98. The maximum absolute atomic E-state index is 9.18. The highest BCUT2D eigenvalue weighted by Crippen LogP contribution is 2.12. The highest BCUT2D eigenvalue weighted by molar-refractivity contribution is 5.47. The lowest BCUT2D eigenvalue weighted by atomic mass is 10.3. The minimum Gasteiger partial charge on any atom is -0.393 e. The third-order valence-electron chi connectivity index (χ3n) is 2.18. The molecule has 84 valence electrons. The van der Waals surface area contributed by atoms with Gasteiger partial charge in [-0.3, -0.25) is 0 Å². The Morgan fingerprint density at radius 1 is 1.53 bits per heavy atom. The molecule has 0 aliphatic heterocycles. The average molecular weight is 210 g/mol. The lowest BCUT2D eigenvalue weighted by molar-refractivity contribution is 0.187. The molecule has 0 spiro atoms. The van der Waals surface area contributed by atoms with Crippen molar-refractivity contribution in [3.8, 4) is 0 Å². The van der Waals surface area contributed by atoms with Gasteiger partial charge in [0, 0.05) is 26.7 Å². The predicted octanol–water partition coefficient (Wildman–Crippen LogP) is 0.725. The van der Waals surface area contributed by atoms with Gasteiger partial charge in [0.25, 0.3) is 0 Å². The normalized spacial score (nSPS) is 12.3. The van der Waals surface area contributed by atoms with Crippen molar-refractivity contribution in [3.63, 3.8) is 0 Å². The summed E-state index contributed by atoms with van der Waals surface area (Å²) in [6.45, 7) is 2.56. The van der Waals surface area contributed by atoms with Crippen molar-refractivity contribution in [3.05, 3.63) is 12.4 Å². The quantitative estimate of drug-likeness (QED) is 0.750. The number of aliphatic hydroxyl groups excluding tert-OH is 1. The van der Waals surface area contributed by atoms with E-state index in [9.17, 15) is 5.11 Å². The van der Waals surface area contributed by atoms with Crippen LogP contribution in [-0.4, -0.2) is 41.8 Å². The number of hydrogen-bond acceptors (Lipinski definition) is 5. The van der Waals surface area contributed by atoms with E-state index in [1.54, 1.807) is 6.92 Å². The maximum Gasteiger partial charge on any atom is 0.133 e. The number of aromatic nitrogens is 2. The lowest BCUT2D eigenvalue weighted by Crippen LogP contribution is -2.22. The lowest BCUT2D eigenvalue weighted by Gasteiger charge is -2.19. The van der Waals surface area contributed by atoms with Crippen LogP contribution in [0.2, 0.25) is 0 Å². The second kappa shape index (κ2) is 5.50. The van der Waals surface area contributed by atoms with E-state index in [4.69, 9.17) is 0 Å². The largest absolute Gasteiger partial charge is 0.393 e. The van der Waals surface area contributed by atoms with Crippen molar-refractivity contribution in [1.29, 1.82) is 0 Å². The van der Waals surface area contributed by atoms with Gasteiger partial charge in [-0.15, -0.1) is 0 Å². The molecule has 1 aromatic heterocycles. The minimum atomic E-state index is -0.280. The first-order valence-electron chi connectivity index (χ1n) is 5.02. The van der Waals surface area contributed by atoms with Crippen LogP contribution in [0.1, 0.15) is 13.3 Å². The van der Waals surface area contributed by atoms with E-state index in [2.05, 4.69) is 15.3 Å². The first-order chi connectivity index (χ1) is 7.13. The molecule has 0 aliphatic carbocycles. The van der Waals surface area contributed by atoms with Crippen molar-refractivity contribution in [2.75, 3.05) is 30.9 Å². The van der Waals surface area contributed by atoms with E-state index >= 15 is 0 Å². The number of rotatable bonds is 5. The molecular weight excluding hydrogens is 192 g/mol. The van der Waals surface area contributed by atoms with Gasteiger partial charge in [-0.05, 0) is 13.3 Å². The van der Waals surface area contributed by atoms with E-state index in [1.165, 1.54) is 6.33 Å². The summed E-state index contributed by atoms with van der Waals surface area (Å²) in [7, 11) is 3.77. The molecule has 1 unspecified atom stereocenters. The van der Waals surface area contributed by atoms with E-state index in [0.29, 0.717) is 0 Å². The molecular formula is C10H18N4O. The Hall–Kier alpha value is -1.36. The molecule has 0 radical (unpaired) electrons. The molecule has 0 bridgehead atoms. The molecule has 1 rings (SSSR count). The van der Waals surface area contributed by atoms with Gasteiger partial charge in [-0.1, -0.05) is 0 Å². The molecule has 1 heterocycles. The Labute approximate surface area is 90.2 Å². The fourth-order valence-corrected chi connectivity index (χ4v) is 1.19. The monoisotopic (exact) mass is 210 g/mol. The van der Waals surface area contributed by atoms with Crippen LogP contribution in [0.15, 0.2) is 12.4 Å². The van der Waals surface area contributed by atoms with Crippen LogP contribution in [0.3, 0.4) is 0 Å². The highest BCUT2D eigenvalue weighted by Gasteiger charge is 2.05. The first kappa shape index (κ1) is 11.7. The molecule has 0 aromatic carbocycles. The predicted molar refractivity (Wildman–Crippen MR) is 61.1 cm³/mol. The van der Waals surface area contributed by atoms with Crippen LogP contribution in [0, 0.1) is 0 Å². The third kappa shape index (κ3) is 3.71. The molecule has 1 atom stereocenters. The summed E-state index contributed by atoms with van der Waals surface area (Å²) in [4.78, 5) is 10.2. The van der Waals surface area contributed by atoms with Crippen LogP contribution in [-0.2, 0) is 0 Å². The Morgan fingerprint density at radius 2 is 2.27 bits per heavy atom. The van der Waals surface area contributed by atoms with Crippen molar-refractivity contribution in [1.82, 2.24) is 9.97 Å². The fraction of sp³-hybridized carbons (Fsp3) is 0.600. The van der Waals surface area contributed by atoms with Crippen molar-refractivity contribution in [2.24, 2.45) is 0 Å². The number of nitrogens with zero attached hydrogens (tertiary/aromatic N) is 3. The molecule has 15 heavy (non-hydrogen) atoms. The molecule has 0 amide bonds. The number of nitrogens with one attached hydrogen (secondary N) is 1. The molecule has 0 saturated heterocycles. The van der Waals surface area contributed by atoms with Gasteiger partial charge in [-0.2, -0.15) is 0 Å². The Balaban J connectivity index is 2.60. The van der Waals surface area contributed by atoms with Crippen LogP contribution >= 0.6 is 0 Å². The zero-order valence-corrected chi connectivity index (χ0v) is 9.44. The van der Waals surface area contributed by atoms with Gasteiger partial charge in [0.15, 0.2) is 0 Å². The van der Waals surface area contributed by atoms with Gasteiger partial charge in [0.1, 0.15) is 18.0 Å². The first-order valence-corrected chi connectivity index (χ1v) is 5.02. The molecule has 2 N–H and O–H groups in total. The number of aliphatic hydroxyl groups is 1. The van der Waals surface area contributed by atoms with Gasteiger partial charge in [0.2, 0.25) is 0 Å². The van der Waals surface area contributed by atoms with E-state index in [-0.39, 0.29) is 6.10 Å². The summed E-state index contributed by atoms with van der Waals surface area (Å²) in [5.74, 6) is 1.65. The Morgan fingerprint density at radius 3 is 2.87 bits per heavy atom. The van der Waals surface area contributed by atoms with Gasteiger partial charge in [0.05, 0.1) is 6.10 Å². The number of anilines is 2. The van der Waals surface area contributed by atoms with Crippen LogP contribution < -0.4 is 10.2 Å². The molecule has 0 aliphatic rings. The Bertz CT molecular complexity index is 303. The highest BCUT2D eigenvalue weighted by atomic mass is 16.3.